The number of pyridine rings is 1. The molecule has 0 bridgehead atoms. The molecular weight excluding hydrogens is 366 g/mol. The van der Waals surface area contributed by atoms with Crippen LogP contribution >= 0.6 is 0 Å². The lowest BCUT2D eigenvalue weighted by atomic mass is 10.2. The topological polar surface area (TPSA) is 97.2 Å². The molecule has 2 aliphatic carbocycles. The van der Waals surface area contributed by atoms with Gasteiger partial charge in [0.2, 0.25) is 15.9 Å². The third kappa shape index (κ3) is 3.89. The maximum absolute atomic E-state index is 12.9. The van der Waals surface area contributed by atoms with Crippen molar-refractivity contribution in [1.29, 1.82) is 0 Å². The fourth-order valence-corrected chi connectivity index (χ4v) is 5.19. The number of nitrogens with zero attached hydrogens (tertiary/aromatic N) is 4. The highest BCUT2D eigenvalue weighted by atomic mass is 32.2. The summed E-state index contributed by atoms with van der Waals surface area (Å²) in [6.07, 6.45) is 10.5. The first-order valence-corrected chi connectivity index (χ1v) is 10.7. The van der Waals surface area contributed by atoms with Crippen molar-refractivity contribution in [3.05, 3.63) is 36.8 Å². The van der Waals surface area contributed by atoms with Gasteiger partial charge in [0.25, 0.3) is 0 Å². The van der Waals surface area contributed by atoms with Crippen molar-refractivity contribution < 1.29 is 13.2 Å². The minimum Gasteiger partial charge on any atom is -0.310 e. The predicted octanol–water partition coefficient (Wildman–Crippen LogP) is 2.18. The van der Waals surface area contributed by atoms with E-state index in [0.29, 0.717) is 11.9 Å². The van der Waals surface area contributed by atoms with Crippen molar-refractivity contribution in [3.8, 4) is 0 Å². The normalized spacial score (nSPS) is 18.1. The summed E-state index contributed by atoms with van der Waals surface area (Å²) in [5.41, 5.74) is 0. The summed E-state index contributed by atoms with van der Waals surface area (Å²) in [5, 5.41) is 7.18. The molecular formula is C18H23N5O3S. The predicted molar refractivity (Wildman–Crippen MR) is 99.5 cm³/mol. The number of amides is 1. The summed E-state index contributed by atoms with van der Waals surface area (Å²) in [4.78, 5) is 16.6. The summed E-state index contributed by atoms with van der Waals surface area (Å²) in [5.74, 6) is 0.274. The summed E-state index contributed by atoms with van der Waals surface area (Å²) < 4.78 is 29.0. The van der Waals surface area contributed by atoms with Gasteiger partial charge in [0.1, 0.15) is 10.7 Å². The molecule has 4 rings (SSSR count). The Morgan fingerprint density at radius 3 is 2.63 bits per heavy atom. The quantitative estimate of drug-likeness (QED) is 0.783. The second-order valence-corrected chi connectivity index (χ2v) is 9.01. The van der Waals surface area contributed by atoms with Gasteiger partial charge in [0, 0.05) is 24.5 Å². The minimum atomic E-state index is -3.75. The molecule has 9 heteroatoms. The van der Waals surface area contributed by atoms with Gasteiger partial charge in [-0.2, -0.15) is 9.40 Å². The maximum atomic E-state index is 12.9. The number of anilines is 1. The van der Waals surface area contributed by atoms with E-state index in [1.807, 2.05) is 4.68 Å². The molecule has 27 heavy (non-hydrogen) atoms. The van der Waals surface area contributed by atoms with Crippen molar-refractivity contribution >= 4 is 21.7 Å². The monoisotopic (exact) mass is 389 g/mol. The Morgan fingerprint density at radius 2 is 1.96 bits per heavy atom. The molecule has 0 spiro atoms. The van der Waals surface area contributed by atoms with Crippen LogP contribution in [0.3, 0.4) is 0 Å². The summed E-state index contributed by atoms with van der Waals surface area (Å²) in [6, 6.07) is 5.02. The van der Waals surface area contributed by atoms with Gasteiger partial charge >= 0.3 is 0 Å². The summed E-state index contributed by atoms with van der Waals surface area (Å²) in [7, 11) is -3.75. The average molecular weight is 389 g/mol. The first-order valence-electron chi connectivity index (χ1n) is 9.31. The standard InChI is InChI=1S/C18H23N5O3S/c24-18(21-17-9-11-20-23(17)15-4-1-2-5-15)13-22(14-7-8-14)27(25,26)16-6-3-10-19-12-16/h3,6,9-12,14-15H,1-2,4-5,7-8,13H2,(H,21,24). The molecule has 2 aliphatic rings. The van der Waals surface area contributed by atoms with E-state index in [9.17, 15) is 13.2 Å². The van der Waals surface area contributed by atoms with Crippen LogP contribution in [-0.2, 0) is 14.8 Å². The van der Waals surface area contributed by atoms with Gasteiger partial charge in [-0.25, -0.2) is 13.1 Å². The summed E-state index contributed by atoms with van der Waals surface area (Å²) in [6.45, 7) is -0.211. The van der Waals surface area contributed by atoms with Crippen molar-refractivity contribution in [2.45, 2.75) is 55.5 Å². The number of hydrogen-bond acceptors (Lipinski definition) is 5. The van der Waals surface area contributed by atoms with Crippen LogP contribution in [0.15, 0.2) is 41.7 Å². The van der Waals surface area contributed by atoms with Crippen LogP contribution in [0, 0.1) is 0 Å². The number of sulfonamides is 1. The second-order valence-electron chi connectivity index (χ2n) is 7.12. The Hall–Kier alpha value is -2.26. The van der Waals surface area contributed by atoms with Gasteiger partial charge in [-0.1, -0.05) is 12.8 Å². The lowest BCUT2D eigenvalue weighted by molar-refractivity contribution is -0.116. The number of nitrogens with one attached hydrogen (secondary N) is 1. The fourth-order valence-electron chi connectivity index (χ4n) is 3.58. The zero-order valence-electron chi connectivity index (χ0n) is 15.0. The van der Waals surface area contributed by atoms with Gasteiger partial charge in [0.15, 0.2) is 0 Å². The van der Waals surface area contributed by atoms with Crippen LogP contribution < -0.4 is 5.32 Å². The molecule has 2 heterocycles. The van der Waals surface area contributed by atoms with E-state index in [1.165, 1.54) is 22.8 Å². The lowest BCUT2D eigenvalue weighted by Crippen LogP contribution is -2.39. The van der Waals surface area contributed by atoms with E-state index >= 15 is 0 Å². The molecule has 2 saturated carbocycles. The molecule has 2 aromatic heterocycles. The minimum absolute atomic E-state index is 0.112. The Labute approximate surface area is 158 Å². The van der Waals surface area contributed by atoms with Crippen molar-refractivity contribution in [3.63, 3.8) is 0 Å². The SMILES string of the molecule is O=C(CN(C1CC1)S(=O)(=O)c1cccnc1)Nc1ccnn1C1CCCC1. The molecule has 8 nitrogen and oxygen atoms in total. The molecule has 0 saturated heterocycles. The molecule has 1 N–H and O–H groups in total. The zero-order valence-corrected chi connectivity index (χ0v) is 15.8. The van der Waals surface area contributed by atoms with Crippen LogP contribution in [-0.4, -0.2) is 46.0 Å². The van der Waals surface area contributed by atoms with E-state index in [0.717, 1.165) is 38.5 Å². The highest BCUT2D eigenvalue weighted by molar-refractivity contribution is 7.89. The zero-order chi connectivity index (χ0) is 18.9. The first kappa shape index (κ1) is 18.1. The van der Waals surface area contributed by atoms with Gasteiger partial charge < -0.3 is 5.32 Å². The third-order valence-electron chi connectivity index (χ3n) is 5.10. The van der Waals surface area contributed by atoms with Gasteiger partial charge in [-0.15, -0.1) is 0 Å². The summed E-state index contributed by atoms with van der Waals surface area (Å²) >= 11 is 0. The van der Waals surface area contributed by atoms with Crippen LogP contribution in [0.25, 0.3) is 0 Å². The fraction of sp³-hybridized carbons (Fsp3) is 0.500. The van der Waals surface area contributed by atoms with Crippen LogP contribution in [0.5, 0.6) is 0 Å². The molecule has 2 aromatic rings. The molecule has 144 valence electrons. The van der Waals surface area contributed by atoms with Crippen molar-refractivity contribution in [2.24, 2.45) is 0 Å². The maximum Gasteiger partial charge on any atom is 0.245 e. The second kappa shape index (κ2) is 7.40. The molecule has 1 amide bonds. The molecule has 0 radical (unpaired) electrons. The average Bonchev–Trinajstić information content (AvgIpc) is 3.15. The third-order valence-corrected chi connectivity index (χ3v) is 6.98. The largest absolute Gasteiger partial charge is 0.310 e. The van der Waals surface area contributed by atoms with Gasteiger partial charge in [0.05, 0.1) is 18.8 Å². The molecule has 0 unspecified atom stereocenters. The Kier molecular flexibility index (Phi) is 4.96. The van der Waals surface area contributed by atoms with E-state index in [4.69, 9.17) is 0 Å². The molecule has 2 fully saturated rings. The highest BCUT2D eigenvalue weighted by Crippen LogP contribution is 2.33. The number of rotatable bonds is 7. The number of aromatic nitrogens is 3. The molecule has 0 aliphatic heterocycles. The smallest absolute Gasteiger partial charge is 0.245 e. The van der Waals surface area contributed by atoms with Crippen molar-refractivity contribution in [1.82, 2.24) is 19.1 Å². The Morgan fingerprint density at radius 1 is 1.19 bits per heavy atom. The van der Waals surface area contributed by atoms with Crippen LogP contribution in [0.1, 0.15) is 44.6 Å². The highest BCUT2D eigenvalue weighted by Gasteiger charge is 2.39. The molecule has 0 atom stereocenters. The number of carbonyl (C=O) groups excluding carboxylic acids is 1. The molecule has 0 aromatic carbocycles. The van der Waals surface area contributed by atoms with E-state index in [2.05, 4.69) is 15.4 Å². The van der Waals surface area contributed by atoms with Gasteiger partial charge in [-0.3, -0.25) is 9.78 Å². The van der Waals surface area contributed by atoms with Gasteiger partial charge in [-0.05, 0) is 37.8 Å². The van der Waals surface area contributed by atoms with Crippen molar-refractivity contribution in [2.75, 3.05) is 11.9 Å². The first-order chi connectivity index (χ1) is 13.1. The van der Waals surface area contributed by atoms with Crippen LogP contribution in [0.2, 0.25) is 0 Å². The van der Waals surface area contributed by atoms with E-state index in [-0.39, 0.29) is 23.4 Å². The van der Waals surface area contributed by atoms with E-state index in [1.54, 1.807) is 18.3 Å². The lowest BCUT2D eigenvalue weighted by Gasteiger charge is -2.21. The Balaban J connectivity index is 1.49. The van der Waals surface area contributed by atoms with E-state index < -0.39 is 10.0 Å². The number of hydrogen-bond donors (Lipinski definition) is 1. The van der Waals surface area contributed by atoms with Crippen LogP contribution in [0.4, 0.5) is 5.82 Å². The Bertz CT molecular complexity index is 902. The number of carbonyl (C=O) groups is 1.